The second-order valence-electron chi connectivity index (χ2n) is 6.31. The predicted molar refractivity (Wildman–Crippen MR) is 110 cm³/mol. The number of hydrogen-bond acceptors (Lipinski definition) is 3. The molecule has 0 aliphatic rings. The fourth-order valence-electron chi connectivity index (χ4n) is 2.60. The van der Waals surface area contributed by atoms with Gasteiger partial charge in [-0.3, -0.25) is 4.79 Å². The minimum atomic E-state index is -0.324. The number of rotatable bonds is 8. The monoisotopic (exact) mass is 368 g/mol. The number of carbonyl (C=O) groups is 2. The summed E-state index contributed by atoms with van der Waals surface area (Å²) in [6.07, 6.45) is 0. The molecule has 2 aromatic carbocycles. The molecule has 2 aromatic rings. The highest BCUT2D eigenvalue weighted by Gasteiger charge is 2.07. The first-order valence-electron chi connectivity index (χ1n) is 9.27. The highest BCUT2D eigenvalue weighted by Crippen LogP contribution is 2.12. The topological polar surface area (TPSA) is 73.5 Å². The van der Waals surface area contributed by atoms with E-state index in [0.717, 1.165) is 30.9 Å². The average Bonchev–Trinajstić information content (AvgIpc) is 2.67. The van der Waals surface area contributed by atoms with E-state index in [9.17, 15) is 9.59 Å². The molecule has 0 fully saturated rings. The van der Waals surface area contributed by atoms with E-state index in [1.807, 2.05) is 31.2 Å². The van der Waals surface area contributed by atoms with Crippen LogP contribution in [0.5, 0.6) is 0 Å². The summed E-state index contributed by atoms with van der Waals surface area (Å²) < 4.78 is 0. The van der Waals surface area contributed by atoms with E-state index in [1.54, 1.807) is 24.3 Å². The van der Waals surface area contributed by atoms with Crippen LogP contribution >= 0.6 is 0 Å². The molecule has 0 saturated carbocycles. The van der Waals surface area contributed by atoms with Crippen molar-refractivity contribution in [3.05, 3.63) is 59.7 Å². The van der Waals surface area contributed by atoms with Crippen molar-refractivity contribution in [1.29, 1.82) is 0 Å². The van der Waals surface area contributed by atoms with E-state index in [2.05, 4.69) is 34.7 Å². The molecule has 27 heavy (non-hydrogen) atoms. The van der Waals surface area contributed by atoms with E-state index in [1.165, 1.54) is 0 Å². The molecule has 0 aliphatic heterocycles. The number of urea groups is 1. The Morgan fingerprint density at radius 1 is 0.852 bits per heavy atom. The smallest absolute Gasteiger partial charge is 0.323 e. The standard InChI is InChI=1S/C21H28N4O2/c1-4-25(5-2)15-14-22-20(26)17-8-12-19(13-9-17)24-21(27)23-18-10-6-16(3)7-11-18/h6-13H,4-5,14-15H2,1-3H3,(H,22,26)(H2,23,24,27). The highest BCUT2D eigenvalue weighted by atomic mass is 16.2. The van der Waals surface area contributed by atoms with Gasteiger partial charge in [0.05, 0.1) is 0 Å². The molecule has 0 unspecified atom stereocenters. The number of anilines is 2. The van der Waals surface area contributed by atoms with Gasteiger partial charge in [-0.05, 0) is 56.4 Å². The van der Waals surface area contributed by atoms with E-state index in [4.69, 9.17) is 0 Å². The quantitative estimate of drug-likeness (QED) is 0.665. The Kier molecular flexibility index (Phi) is 7.82. The molecule has 6 nitrogen and oxygen atoms in total. The van der Waals surface area contributed by atoms with Crippen LogP contribution in [0.25, 0.3) is 0 Å². The van der Waals surface area contributed by atoms with Crippen LogP contribution in [0, 0.1) is 6.92 Å². The number of benzene rings is 2. The molecule has 6 heteroatoms. The van der Waals surface area contributed by atoms with E-state index in [-0.39, 0.29) is 11.9 Å². The Balaban J connectivity index is 1.82. The second-order valence-corrected chi connectivity index (χ2v) is 6.31. The lowest BCUT2D eigenvalue weighted by Gasteiger charge is -2.18. The average molecular weight is 368 g/mol. The molecule has 0 saturated heterocycles. The van der Waals surface area contributed by atoms with Gasteiger partial charge in [0.25, 0.3) is 5.91 Å². The van der Waals surface area contributed by atoms with Gasteiger partial charge in [-0.25, -0.2) is 4.79 Å². The number of likely N-dealkylation sites (N-methyl/N-ethyl adjacent to an activating group) is 1. The number of nitrogens with one attached hydrogen (secondary N) is 3. The number of hydrogen-bond donors (Lipinski definition) is 3. The SMILES string of the molecule is CCN(CC)CCNC(=O)c1ccc(NC(=O)Nc2ccc(C)cc2)cc1. The molecule has 0 bridgehead atoms. The van der Waals surface area contributed by atoms with Gasteiger partial charge in [0.2, 0.25) is 0 Å². The second kappa shape index (κ2) is 10.3. The molecular formula is C21H28N4O2. The predicted octanol–water partition coefficient (Wildman–Crippen LogP) is 3.71. The zero-order chi connectivity index (χ0) is 19.6. The first-order valence-corrected chi connectivity index (χ1v) is 9.27. The molecule has 0 aliphatic carbocycles. The number of amides is 3. The summed E-state index contributed by atoms with van der Waals surface area (Å²) in [4.78, 5) is 26.5. The largest absolute Gasteiger partial charge is 0.351 e. The lowest BCUT2D eigenvalue weighted by atomic mass is 10.2. The summed E-state index contributed by atoms with van der Waals surface area (Å²) in [6, 6.07) is 14.1. The molecule has 0 spiro atoms. The summed E-state index contributed by atoms with van der Waals surface area (Å²) in [6.45, 7) is 9.58. The highest BCUT2D eigenvalue weighted by molar-refractivity contribution is 6.00. The van der Waals surface area contributed by atoms with Gasteiger partial charge in [-0.1, -0.05) is 31.5 Å². The van der Waals surface area contributed by atoms with Crippen molar-refractivity contribution >= 4 is 23.3 Å². The summed E-state index contributed by atoms with van der Waals surface area (Å²) in [5.41, 5.74) is 3.05. The van der Waals surface area contributed by atoms with Gasteiger partial charge in [-0.2, -0.15) is 0 Å². The molecule has 0 atom stereocenters. The van der Waals surface area contributed by atoms with Crippen molar-refractivity contribution in [3.63, 3.8) is 0 Å². The van der Waals surface area contributed by atoms with Crippen molar-refractivity contribution in [2.45, 2.75) is 20.8 Å². The van der Waals surface area contributed by atoms with Gasteiger partial charge < -0.3 is 20.9 Å². The Labute approximate surface area is 161 Å². The molecule has 0 radical (unpaired) electrons. The fraction of sp³-hybridized carbons (Fsp3) is 0.333. The fourth-order valence-corrected chi connectivity index (χ4v) is 2.60. The normalized spacial score (nSPS) is 10.5. The van der Waals surface area contributed by atoms with Crippen molar-refractivity contribution < 1.29 is 9.59 Å². The maximum atomic E-state index is 12.2. The van der Waals surface area contributed by atoms with Gasteiger partial charge >= 0.3 is 6.03 Å². The Morgan fingerprint density at radius 3 is 1.89 bits per heavy atom. The maximum Gasteiger partial charge on any atom is 0.323 e. The van der Waals surface area contributed by atoms with E-state index >= 15 is 0 Å². The molecule has 144 valence electrons. The lowest BCUT2D eigenvalue weighted by Crippen LogP contribution is -2.34. The van der Waals surface area contributed by atoms with Crippen molar-refractivity contribution in [2.75, 3.05) is 36.8 Å². The van der Waals surface area contributed by atoms with Crippen LogP contribution in [0.3, 0.4) is 0 Å². The number of carbonyl (C=O) groups excluding carboxylic acids is 2. The van der Waals surface area contributed by atoms with Crippen LogP contribution in [0.1, 0.15) is 29.8 Å². The van der Waals surface area contributed by atoms with Crippen molar-refractivity contribution in [1.82, 2.24) is 10.2 Å². The van der Waals surface area contributed by atoms with E-state index < -0.39 is 0 Å². The number of aryl methyl sites for hydroxylation is 1. The van der Waals surface area contributed by atoms with Crippen LogP contribution in [-0.2, 0) is 0 Å². The van der Waals surface area contributed by atoms with Gasteiger partial charge in [0.1, 0.15) is 0 Å². The maximum absolute atomic E-state index is 12.2. The van der Waals surface area contributed by atoms with Gasteiger partial charge in [0, 0.05) is 30.0 Å². The summed E-state index contributed by atoms with van der Waals surface area (Å²) in [5.74, 6) is -0.113. The molecule has 0 heterocycles. The first kappa shape index (κ1) is 20.5. The molecule has 3 amide bonds. The van der Waals surface area contributed by atoms with Crippen molar-refractivity contribution in [2.24, 2.45) is 0 Å². The Bertz CT molecular complexity index is 738. The van der Waals surface area contributed by atoms with Crippen LogP contribution in [-0.4, -0.2) is 43.0 Å². The summed E-state index contributed by atoms with van der Waals surface area (Å²) in [7, 11) is 0. The Morgan fingerprint density at radius 2 is 1.37 bits per heavy atom. The number of nitrogens with zero attached hydrogens (tertiary/aromatic N) is 1. The first-order chi connectivity index (χ1) is 13.0. The van der Waals surface area contributed by atoms with Crippen LogP contribution in [0.2, 0.25) is 0 Å². The van der Waals surface area contributed by atoms with Crippen LogP contribution in [0.4, 0.5) is 16.2 Å². The van der Waals surface area contributed by atoms with Crippen LogP contribution in [0.15, 0.2) is 48.5 Å². The van der Waals surface area contributed by atoms with Gasteiger partial charge in [-0.15, -0.1) is 0 Å². The third-order valence-electron chi connectivity index (χ3n) is 4.32. The molecule has 3 N–H and O–H groups in total. The Hall–Kier alpha value is -2.86. The van der Waals surface area contributed by atoms with E-state index in [0.29, 0.717) is 17.8 Å². The summed E-state index contributed by atoms with van der Waals surface area (Å²) >= 11 is 0. The minimum Gasteiger partial charge on any atom is -0.351 e. The lowest BCUT2D eigenvalue weighted by molar-refractivity contribution is 0.0949. The molecular weight excluding hydrogens is 340 g/mol. The zero-order valence-electron chi connectivity index (χ0n) is 16.2. The molecule has 2 rings (SSSR count). The minimum absolute atomic E-state index is 0.113. The zero-order valence-corrected chi connectivity index (χ0v) is 16.2. The third kappa shape index (κ3) is 6.75. The molecule has 0 aromatic heterocycles. The van der Waals surface area contributed by atoms with Crippen LogP contribution < -0.4 is 16.0 Å². The van der Waals surface area contributed by atoms with Gasteiger partial charge in [0.15, 0.2) is 0 Å². The van der Waals surface area contributed by atoms with Crippen molar-refractivity contribution in [3.8, 4) is 0 Å². The summed E-state index contributed by atoms with van der Waals surface area (Å²) in [5, 5.41) is 8.44. The third-order valence-corrected chi connectivity index (χ3v) is 4.32.